The molecule has 142 valence electrons. The maximum Gasteiger partial charge on any atom is 0.255 e. The van der Waals surface area contributed by atoms with E-state index in [0.29, 0.717) is 18.1 Å². The second-order valence-electron chi connectivity index (χ2n) is 6.89. The van der Waals surface area contributed by atoms with E-state index in [2.05, 4.69) is 25.2 Å². The molecule has 2 N–H and O–H groups in total. The summed E-state index contributed by atoms with van der Waals surface area (Å²) in [7, 11) is 0. The fraction of sp³-hybridized carbons (Fsp3) is 0.238. The van der Waals surface area contributed by atoms with Crippen molar-refractivity contribution in [3.05, 3.63) is 75.8 Å². The van der Waals surface area contributed by atoms with Gasteiger partial charge in [0.1, 0.15) is 5.69 Å². The van der Waals surface area contributed by atoms with Gasteiger partial charge in [-0.3, -0.25) is 19.5 Å². The Labute approximate surface area is 162 Å². The summed E-state index contributed by atoms with van der Waals surface area (Å²) in [5.41, 5.74) is 4.05. The number of rotatable bonds is 4. The lowest BCUT2D eigenvalue weighted by Crippen LogP contribution is -2.35. The molecule has 0 atom stereocenters. The summed E-state index contributed by atoms with van der Waals surface area (Å²) < 4.78 is 0. The number of aromatic amines is 1. The van der Waals surface area contributed by atoms with Crippen molar-refractivity contribution in [2.75, 3.05) is 11.9 Å². The van der Waals surface area contributed by atoms with Crippen LogP contribution >= 0.6 is 0 Å². The van der Waals surface area contributed by atoms with Crippen LogP contribution < -0.4 is 10.9 Å². The lowest BCUT2D eigenvalue weighted by Gasteiger charge is -2.27. The number of nitrogens with one attached hydrogen (secondary N) is 2. The number of aromatic nitrogens is 3. The predicted molar refractivity (Wildman–Crippen MR) is 107 cm³/mol. The zero-order valence-corrected chi connectivity index (χ0v) is 15.6. The highest BCUT2D eigenvalue weighted by atomic mass is 16.1. The second-order valence-corrected chi connectivity index (χ2v) is 6.89. The maximum absolute atomic E-state index is 12.6. The smallest absolute Gasteiger partial charge is 0.255 e. The summed E-state index contributed by atoms with van der Waals surface area (Å²) in [6.07, 6.45) is 2.41. The average Bonchev–Trinajstić information content (AvgIpc) is 2.70. The fourth-order valence-corrected chi connectivity index (χ4v) is 3.40. The van der Waals surface area contributed by atoms with Crippen LogP contribution in [0.4, 0.5) is 5.69 Å². The van der Waals surface area contributed by atoms with Gasteiger partial charge in [0.15, 0.2) is 5.82 Å². The average molecular weight is 375 g/mol. The molecule has 0 saturated carbocycles. The molecule has 1 amide bonds. The quantitative estimate of drug-likeness (QED) is 0.730. The second kappa shape index (κ2) is 7.74. The molecule has 3 heterocycles. The molecule has 0 aliphatic carbocycles. The number of hydrogen-bond acceptors (Lipinski definition) is 5. The number of hydrogen-bond donors (Lipinski definition) is 2. The Morgan fingerprint density at radius 3 is 2.75 bits per heavy atom. The molecule has 2 aromatic heterocycles. The third kappa shape index (κ3) is 3.99. The number of pyridine rings is 1. The van der Waals surface area contributed by atoms with E-state index in [1.165, 1.54) is 6.92 Å². The standard InChI is InChI=1S/C21H21N5O2/c1-14(27)23-16-7-5-15(6-8-16)12-26-11-9-18-17(13-26)21(28)25-20(24-18)19-4-2-3-10-22-19/h2-8,10H,9,11-13H2,1H3,(H,23,27)(H,24,25,28). The third-order valence-electron chi connectivity index (χ3n) is 4.74. The number of carbonyl (C=O) groups excluding carboxylic acids is 1. The molecule has 28 heavy (non-hydrogen) atoms. The Balaban J connectivity index is 1.49. The van der Waals surface area contributed by atoms with Crippen LogP contribution in [-0.2, 0) is 24.3 Å². The van der Waals surface area contributed by atoms with Crippen LogP contribution in [0.2, 0.25) is 0 Å². The van der Waals surface area contributed by atoms with Crippen molar-refractivity contribution in [1.82, 2.24) is 19.9 Å². The molecule has 0 fully saturated rings. The Hall–Kier alpha value is -3.32. The first kappa shape index (κ1) is 18.1. The van der Waals surface area contributed by atoms with Crippen molar-refractivity contribution in [2.24, 2.45) is 0 Å². The van der Waals surface area contributed by atoms with E-state index >= 15 is 0 Å². The summed E-state index contributed by atoms with van der Waals surface area (Å²) in [4.78, 5) is 37.7. The summed E-state index contributed by atoms with van der Waals surface area (Å²) in [5.74, 6) is 0.434. The van der Waals surface area contributed by atoms with E-state index in [-0.39, 0.29) is 11.5 Å². The monoisotopic (exact) mass is 375 g/mol. The number of anilines is 1. The minimum absolute atomic E-state index is 0.0859. The van der Waals surface area contributed by atoms with Crippen LogP contribution in [0.3, 0.4) is 0 Å². The van der Waals surface area contributed by atoms with Crippen molar-refractivity contribution < 1.29 is 4.79 Å². The molecule has 1 aliphatic heterocycles. The molecule has 7 nitrogen and oxygen atoms in total. The number of benzene rings is 1. The molecular formula is C21H21N5O2. The minimum atomic E-state index is -0.101. The Kier molecular flexibility index (Phi) is 4.99. The lowest BCUT2D eigenvalue weighted by atomic mass is 10.1. The summed E-state index contributed by atoms with van der Waals surface area (Å²) in [5, 5.41) is 2.76. The van der Waals surface area contributed by atoms with Gasteiger partial charge in [0.2, 0.25) is 5.91 Å². The first-order valence-electron chi connectivity index (χ1n) is 9.21. The molecule has 4 rings (SSSR count). The molecule has 0 saturated heterocycles. The van der Waals surface area contributed by atoms with Crippen LogP contribution in [0, 0.1) is 0 Å². The van der Waals surface area contributed by atoms with E-state index in [0.717, 1.165) is 42.0 Å². The van der Waals surface area contributed by atoms with Crippen molar-refractivity contribution in [2.45, 2.75) is 26.4 Å². The third-order valence-corrected chi connectivity index (χ3v) is 4.74. The molecule has 0 unspecified atom stereocenters. The number of amides is 1. The van der Waals surface area contributed by atoms with Gasteiger partial charge in [-0.1, -0.05) is 18.2 Å². The van der Waals surface area contributed by atoms with E-state index < -0.39 is 0 Å². The minimum Gasteiger partial charge on any atom is -0.326 e. The number of H-pyrrole nitrogens is 1. The van der Waals surface area contributed by atoms with Gasteiger partial charge in [0.25, 0.3) is 5.56 Å². The topological polar surface area (TPSA) is 91.0 Å². The Morgan fingerprint density at radius 2 is 2.04 bits per heavy atom. The van der Waals surface area contributed by atoms with Crippen molar-refractivity contribution in [1.29, 1.82) is 0 Å². The number of carbonyl (C=O) groups is 1. The highest BCUT2D eigenvalue weighted by Crippen LogP contribution is 2.19. The SMILES string of the molecule is CC(=O)Nc1ccc(CN2CCc3nc(-c4ccccn4)[nH]c(=O)c3C2)cc1. The normalized spacial score (nSPS) is 13.8. The van der Waals surface area contributed by atoms with Crippen molar-refractivity contribution in [3.63, 3.8) is 0 Å². The summed E-state index contributed by atoms with van der Waals surface area (Å²) >= 11 is 0. The lowest BCUT2D eigenvalue weighted by molar-refractivity contribution is -0.114. The first-order chi connectivity index (χ1) is 13.6. The van der Waals surface area contributed by atoms with Gasteiger partial charge < -0.3 is 10.3 Å². The summed E-state index contributed by atoms with van der Waals surface area (Å²) in [6, 6.07) is 13.3. The van der Waals surface area contributed by atoms with Crippen molar-refractivity contribution >= 4 is 11.6 Å². The van der Waals surface area contributed by atoms with Gasteiger partial charge in [-0.15, -0.1) is 0 Å². The number of fused-ring (bicyclic) bond motifs is 1. The first-order valence-corrected chi connectivity index (χ1v) is 9.21. The van der Waals surface area contributed by atoms with E-state index in [1.54, 1.807) is 6.20 Å². The molecule has 7 heteroatoms. The largest absolute Gasteiger partial charge is 0.326 e. The highest BCUT2D eigenvalue weighted by Gasteiger charge is 2.21. The summed E-state index contributed by atoms with van der Waals surface area (Å²) in [6.45, 7) is 3.62. The van der Waals surface area contributed by atoms with Crippen LogP contribution in [0.25, 0.3) is 11.5 Å². The van der Waals surface area contributed by atoms with Gasteiger partial charge in [-0.2, -0.15) is 0 Å². The highest BCUT2D eigenvalue weighted by molar-refractivity contribution is 5.88. The van der Waals surface area contributed by atoms with Gasteiger partial charge in [-0.25, -0.2) is 4.98 Å². The molecule has 0 spiro atoms. The zero-order chi connectivity index (χ0) is 19.5. The molecule has 0 radical (unpaired) electrons. The van der Waals surface area contributed by atoms with Gasteiger partial charge in [-0.05, 0) is 29.8 Å². The molecular weight excluding hydrogens is 354 g/mol. The molecule has 3 aromatic rings. The van der Waals surface area contributed by atoms with Gasteiger partial charge in [0.05, 0.1) is 11.3 Å². The maximum atomic E-state index is 12.6. The molecule has 1 aliphatic rings. The van der Waals surface area contributed by atoms with Gasteiger partial charge in [0, 0.05) is 44.9 Å². The Morgan fingerprint density at radius 1 is 1.21 bits per heavy atom. The van der Waals surface area contributed by atoms with Crippen molar-refractivity contribution in [3.8, 4) is 11.5 Å². The Bertz CT molecular complexity index is 1040. The van der Waals surface area contributed by atoms with Crippen LogP contribution in [0.15, 0.2) is 53.5 Å². The molecule has 0 bridgehead atoms. The van der Waals surface area contributed by atoms with Gasteiger partial charge >= 0.3 is 0 Å². The van der Waals surface area contributed by atoms with Crippen LogP contribution in [0.1, 0.15) is 23.7 Å². The van der Waals surface area contributed by atoms with E-state index in [4.69, 9.17) is 0 Å². The van der Waals surface area contributed by atoms with Crippen LogP contribution in [0.5, 0.6) is 0 Å². The predicted octanol–water partition coefficient (Wildman–Crippen LogP) is 2.35. The fourth-order valence-electron chi connectivity index (χ4n) is 3.40. The molecule has 1 aromatic carbocycles. The van der Waals surface area contributed by atoms with E-state index in [1.807, 2.05) is 42.5 Å². The van der Waals surface area contributed by atoms with E-state index in [9.17, 15) is 9.59 Å². The zero-order valence-electron chi connectivity index (χ0n) is 15.6. The number of nitrogens with zero attached hydrogens (tertiary/aromatic N) is 3. The van der Waals surface area contributed by atoms with Crippen LogP contribution in [-0.4, -0.2) is 32.3 Å².